The third-order valence-corrected chi connectivity index (χ3v) is 4.12. The van der Waals surface area contributed by atoms with Crippen LogP contribution >= 0.6 is 12.2 Å². The largest absolute Gasteiger partial charge is 0.497 e. The molecule has 0 bridgehead atoms. The molecule has 144 valence electrons. The lowest BCUT2D eigenvalue weighted by molar-refractivity contribution is 0.0526. The summed E-state index contributed by atoms with van der Waals surface area (Å²) in [6, 6.07) is 12.4. The fourth-order valence-corrected chi connectivity index (χ4v) is 2.82. The van der Waals surface area contributed by atoms with Gasteiger partial charge in [0.1, 0.15) is 11.5 Å². The number of carbonyl (C=O) groups is 1. The summed E-state index contributed by atoms with van der Waals surface area (Å²) in [6.45, 7) is 4.10. The van der Waals surface area contributed by atoms with Gasteiger partial charge in [0.2, 0.25) is 0 Å². The molecular weight excluding hydrogens is 364 g/mol. The highest BCUT2D eigenvalue weighted by atomic mass is 32.1. The molecule has 2 aromatic carbocycles. The molecule has 0 fully saturated rings. The van der Waals surface area contributed by atoms with Gasteiger partial charge in [0.05, 0.1) is 32.4 Å². The highest BCUT2D eigenvalue weighted by molar-refractivity contribution is 7.80. The topological polar surface area (TPSA) is 68.8 Å². The van der Waals surface area contributed by atoms with Crippen LogP contribution in [0.2, 0.25) is 0 Å². The molecular formula is C20H24N2O4S. The summed E-state index contributed by atoms with van der Waals surface area (Å²) in [6.07, 6.45) is 0. The molecule has 27 heavy (non-hydrogen) atoms. The van der Waals surface area contributed by atoms with E-state index in [4.69, 9.17) is 26.4 Å². The number of ether oxygens (including phenoxy) is 3. The van der Waals surface area contributed by atoms with Crippen molar-refractivity contribution in [2.45, 2.75) is 19.9 Å². The second kappa shape index (κ2) is 9.78. The van der Waals surface area contributed by atoms with Crippen molar-refractivity contribution in [3.05, 3.63) is 53.6 Å². The first-order chi connectivity index (χ1) is 13.0. The maximum atomic E-state index is 11.7. The van der Waals surface area contributed by atoms with Crippen molar-refractivity contribution in [3.8, 4) is 11.5 Å². The van der Waals surface area contributed by atoms with E-state index in [1.54, 1.807) is 45.4 Å². The molecule has 0 aromatic heterocycles. The van der Waals surface area contributed by atoms with Gasteiger partial charge in [0, 0.05) is 11.3 Å². The van der Waals surface area contributed by atoms with Crippen LogP contribution in [0.5, 0.6) is 11.5 Å². The van der Waals surface area contributed by atoms with Gasteiger partial charge in [-0.3, -0.25) is 0 Å². The van der Waals surface area contributed by atoms with E-state index in [2.05, 4.69) is 10.6 Å². The third-order valence-electron chi connectivity index (χ3n) is 3.90. The van der Waals surface area contributed by atoms with Gasteiger partial charge in [-0.15, -0.1) is 0 Å². The molecule has 2 aromatic rings. The van der Waals surface area contributed by atoms with Crippen LogP contribution in [0.3, 0.4) is 0 Å². The molecule has 0 amide bonds. The maximum Gasteiger partial charge on any atom is 0.338 e. The minimum absolute atomic E-state index is 0.103. The van der Waals surface area contributed by atoms with Crippen molar-refractivity contribution in [2.24, 2.45) is 0 Å². The number of hydrogen-bond acceptors (Lipinski definition) is 5. The molecule has 2 rings (SSSR count). The van der Waals surface area contributed by atoms with Gasteiger partial charge >= 0.3 is 5.97 Å². The summed E-state index contributed by atoms with van der Waals surface area (Å²) in [4.78, 5) is 11.7. The zero-order chi connectivity index (χ0) is 19.8. The molecule has 2 N–H and O–H groups in total. The van der Waals surface area contributed by atoms with Gasteiger partial charge in [-0.1, -0.05) is 0 Å². The quantitative estimate of drug-likeness (QED) is 0.550. The molecule has 0 heterocycles. The monoisotopic (exact) mass is 388 g/mol. The Morgan fingerprint density at radius 3 is 2.41 bits per heavy atom. The van der Waals surface area contributed by atoms with Gasteiger partial charge in [-0.25, -0.2) is 4.79 Å². The van der Waals surface area contributed by atoms with E-state index in [-0.39, 0.29) is 12.0 Å². The van der Waals surface area contributed by atoms with Crippen LogP contribution in [-0.4, -0.2) is 31.9 Å². The Kier molecular flexibility index (Phi) is 7.43. The van der Waals surface area contributed by atoms with Crippen molar-refractivity contribution >= 4 is 29.0 Å². The Hall–Kier alpha value is -2.80. The van der Waals surface area contributed by atoms with E-state index in [1.165, 1.54) is 0 Å². The average molecular weight is 388 g/mol. The van der Waals surface area contributed by atoms with Crippen LogP contribution < -0.4 is 20.1 Å². The number of thiocarbonyl (C=S) groups is 1. The van der Waals surface area contributed by atoms with Gasteiger partial charge in [0.15, 0.2) is 5.11 Å². The maximum absolute atomic E-state index is 11.7. The Balaban J connectivity index is 2.02. The number of benzene rings is 2. The average Bonchev–Trinajstić information content (AvgIpc) is 2.68. The first-order valence-electron chi connectivity index (χ1n) is 8.55. The van der Waals surface area contributed by atoms with Crippen molar-refractivity contribution in [1.29, 1.82) is 0 Å². The summed E-state index contributed by atoms with van der Waals surface area (Å²) in [7, 11) is 3.25. The lowest BCUT2D eigenvalue weighted by Gasteiger charge is -2.20. The normalized spacial score (nSPS) is 11.3. The van der Waals surface area contributed by atoms with E-state index in [9.17, 15) is 4.79 Å². The van der Waals surface area contributed by atoms with E-state index in [0.717, 1.165) is 22.7 Å². The first kappa shape index (κ1) is 20.5. The van der Waals surface area contributed by atoms with E-state index in [1.807, 2.05) is 25.1 Å². The molecule has 0 saturated carbocycles. The first-order valence-corrected chi connectivity index (χ1v) is 8.96. The molecule has 0 spiro atoms. The summed E-state index contributed by atoms with van der Waals surface area (Å²) in [5.41, 5.74) is 2.19. The van der Waals surface area contributed by atoms with Crippen LogP contribution in [0, 0.1) is 0 Å². The second-order valence-electron chi connectivity index (χ2n) is 5.73. The minimum atomic E-state index is -0.344. The van der Waals surface area contributed by atoms with Crippen molar-refractivity contribution in [1.82, 2.24) is 5.32 Å². The van der Waals surface area contributed by atoms with Crippen LogP contribution in [-0.2, 0) is 4.74 Å². The van der Waals surface area contributed by atoms with Crippen LogP contribution in [0.25, 0.3) is 0 Å². The number of anilines is 1. The Labute approximate surface area is 164 Å². The van der Waals surface area contributed by atoms with Gasteiger partial charge in [-0.05, 0) is 68.5 Å². The predicted molar refractivity (Wildman–Crippen MR) is 110 cm³/mol. The van der Waals surface area contributed by atoms with Crippen molar-refractivity contribution in [2.75, 3.05) is 26.1 Å². The van der Waals surface area contributed by atoms with E-state index >= 15 is 0 Å². The lowest BCUT2D eigenvalue weighted by atomic mass is 10.1. The second-order valence-corrected chi connectivity index (χ2v) is 6.13. The van der Waals surface area contributed by atoms with Gasteiger partial charge in [-0.2, -0.15) is 0 Å². The summed E-state index contributed by atoms with van der Waals surface area (Å²) >= 11 is 5.39. The Morgan fingerprint density at radius 2 is 1.81 bits per heavy atom. The van der Waals surface area contributed by atoms with Gasteiger partial charge < -0.3 is 24.8 Å². The fraction of sp³-hybridized carbons (Fsp3) is 0.300. The van der Waals surface area contributed by atoms with Crippen LogP contribution in [0.1, 0.15) is 35.8 Å². The molecule has 0 aliphatic carbocycles. The number of nitrogens with one attached hydrogen (secondary N) is 2. The number of methoxy groups -OCH3 is 2. The summed E-state index contributed by atoms with van der Waals surface area (Å²) in [5.74, 6) is 1.15. The standard InChI is InChI=1S/C20H24N2O4S/c1-5-26-19(23)14-6-8-15(9-7-14)22-20(27)21-13(2)17-12-16(24-3)10-11-18(17)25-4/h6-13H,5H2,1-4H3,(H2,21,22,27). The minimum Gasteiger partial charge on any atom is -0.497 e. The highest BCUT2D eigenvalue weighted by Gasteiger charge is 2.14. The van der Waals surface area contributed by atoms with E-state index in [0.29, 0.717) is 17.3 Å². The fourth-order valence-electron chi connectivity index (χ4n) is 2.52. The zero-order valence-electron chi connectivity index (χ0n) is 15.9. The molecule has 1 unspecified atom stereocenters. The van der Waals surface area contributed by atoms with Gasteiger partial charge in [0.25, 0.3) is 0 Å². The number of hydrogen-bond donors (Lipinski definition) is 2. The van der Waals surface area contributed by atoms with Crippen molar-refractivity contribution in [3.63, 3.8) is 0 Å². The Bertz CT molecular complexity index is 793. The van der Waals surface area contributed by atoms with E-state index < -0.39 is 0 Å². The lowest BCUT2D eigenvalue weighted by Crippen LogP contribution is -2.31. The molecule has 0 aliphatic heterocycles. The number of esters is 1. The highest BCUT2D eigenvalue weighted by Crippen LogP contribution is 2.29. The molecule has 0 radical (unpaired) electrons. The summed E-state index contributed by atoms with van der Waals surface area (Å²) in [5, 5.41) is 6.78. The molecule has 7 heteroatoms. The SMILES string of the molecule is CCOC(=O)c1ccc(NC(=S)NC(C)c2cc(OC)ccc2OC)cc1. The predicted octanol–water partition coefficient (Wildman–Crippen LogP) is 3.93. The summed E-state index contributed by atoms with van der Waals surface area (Å²) < 4.78 is 15.7. The van der Waals surface area contributed by atoms with Crippen LogP contribution in [0.15, 0.2) is 42.5 Å². The zero-order valence-corrected chi connectivity index (χ0v) is 16.7. The molecule has 1 atom stereocenters. The van der Waals surface area contributed by atoms with Crippen molar-refractivity contribution < 1.29 is 19.0 Å². The van der Waals surface area contributed by atoms with Crippen LogP contribution in [0.4, 0.5) is 5.69 Å². The smallest absolute Gasteiger partial charge is 0.338 e. The number of rotatable bonds is 7. The number of carbonyl (C=O) groups excluding carboxylic acids is 1. The molecule has 6 nitrogen and oxygen atoms in total. The molecule has 0 aliphatic rings. The molecule has 0 saturated heterocycles. The third kappa shape index (κ3) is 5.59. The Morgan fingerprint density at radius 1 is 1.11 bits per heavy atom.